The summed E-state index contributed by atoms with van der Waals surface area (Å²) in [6, 6.07) is 8.33. The summed E-state index contributed by atoms with van der Waals surface area (Å²) in [4.78, 5) is 27.6. The van der Waals surface area contributed by atoms with E-state index in [0.717, 1.165) is 57.8 Å². The molecule has 1 aromatic carbocycles. The Morgan fingerprint density at radius 3 is 2.19 bits per heavy atom. The summed E-state index contributed by atoms with van der Waals surface area (Å²) >= 11 is 0. The molecular formula is C20H26N6O. The fourth-order valence-corrected chi connectivity index (χ4v) is 3.56. The molecule has 1 N–H and O–H groups in total. The van der Waals surface area contributed by atoms with Crippen molar-refractivity contribution in [3.05, 3.63) is 42.2 Å². The van der Waals surface area contributed by atoms with Gasteiger partial charge in [-0.25, -0.2) is 9.97 Å². The van der Waals surface area contributed by atoms with Crippen LogP contribution in [0.15, 0.2) is 36.7 Å². The molecule has 0 unspecified atom stereocenters. The van der Waals surface area contributed by atoms with E-state index in [1.165, 1.54) is 5.69 Å². The molecular weight excluding hydrogens is 340 g/mol. The second-order valence-electron chi connectivity index (χ2n) is 7.26. The number of nitrogens with zero attached hydrogens (tertiary/aromatic N) is 5. The first kappa shape index (κ1) is 17.7. The fraction of sp³-hybridized carbons (Fsp3) is 0.450. The van der Waals surface area contributed by atoms with Crippen molar-refractivity contribution in [2.24, 2.45) is 0 Å². The number of rotatable bonds is 4. The quantitative estimate of drug-likeness (QED) is 0.895. The van der Waals surface area contributed by atoms with Crippen LogP contribution in [0.1, 0.15) is 23.2 Å². The average molecular weight is 366 g/mol. The van der Waals surface area contributed by atoms with Gasteiger partial charge in [-0.1, -0.05) is 0 Å². The number of aromatic nitrogens is 2. The van der Waals surface area contributed by atoms with Gasteiger partial charge in [-0.2, -0.15) is 0 Å². The van der Waals surface area contributed by atoms with Crippen LogP contribution in [-0.2, 0) is 0 Å². The normalized spacial score (nSPS) is 18.0. The first-order valence-corrected chi connectivity index (χ1v) is 9.61. The van der Waals surface area contributed by atoms with Gasteiger partial charge in [0.25, 0.3) is 5.91 Å². The van der Waals surface area contributed by atoms with E-state index < -0.39 is 0 Å². The number of hydrogen-bond acceptors (Lipinski definition) is 6. The largest absolute Gasteiger partial charge is 0.369 e. The lowest BCUT2D eigenvalue weighted by molar-refractivity contribution is 0.0792. The maximum Gasteiger partial charge on any atom is 0.256 e. The Kier molecular flexibility index (Phi) is 5.20. The molecule has 27 heavy (non-hydrogen) atoms. The minimum Gasteiger partial charge on any atom is -0.369 e. The number of carbonyl (C=O) groups is 1. The van der Waals surface area contributed by atoms with Gasteiger partial charge in [-0.3, -0.25) is 4.79 Å². The molecule has 142 valence electrons. The van der Waals surface area contributed by atoms with Gasteiger partial charge < -0.3 is 20.0 Å². The van der Waals surface area contributed by atoms with E-state index in [1.54, 1.807) is 12.4 Å². The summed E-state index contributed by atoms with van der Waals surface area (Å²) in [6.45, 7) is 5.96. The third-order valence-corrected chi connectivity index (χ3v) is 5.28. The molecule has 4 rings (SSSR count). The molecule has 2 aliphatic heterocycles. The summed E-state index contributed by atoms with van der Waals surface area (Å²) < 4.78 is 0. The van der Waals surface area contributed by atoms with Crippen LogP contribution in [0.4, 0.5) is 17.3 Å². The number of amides is 1. The highest BCUT2D eigenvalue weighted by Gasteiger charge is 2.20. The molecule has 2 fully saturated rings. The van der Waals surface area contributed by atoms with Crippen LogP contribution >= 0.6 is 0 Å². The monoisotopic (exact) mass is 366 g/mol. The van der Waals surface area contributed by atoms with E-state index >= 15 is 0 Å². The number of benzene rings is 1. The molecule has 1 aromatic heterocycles. The molecule has 1 amide bonds. The summed E-state index contributed by atoms with van der Waals surface area (Å²) in [6.07, 6.45) is 5.37. The van der Waals surface area contributed by atoms with Gasteiger partial charge in [0.15, 0.2) is 0 Å². The second-order valence-corrected chi connectivity index (χ2v) is 7.26. The van der Waals surface area contributed by atoms with Crippen molar-refractivity contribution in [3.63, 3.8) is 0 Å². The van der Waals surface area contributed by atoms with Crippen molar-refractivity contribution in [3.8, 4) is 0 Å². The van der Waals surface area contributed by atoms with Crippen molar-refractivity contribution in [1.82, 2.24) is 19.8 Å². The van der Waals surface area contributed by atoms with E-state index in [9.17, 15) is 4.79 Å². The van der Waals surface area contributed by atoms with Crippen molar-refractivity contribution in [1.29, 1.82) is 0 Å². The van der Waals surface area contributed by atoms with Gasteiger partial charge in [-0.15, -0.1) is 0 Å². The Labute approximate surface area is 160 Å². The topological polar surface area (TPSA) is 64.6 Å². The van der Waals surface area contributed by atoms with E-state index in [2.05, 4.69) is 44.3 Å². The predicted octanol–water partition coefficient (Wildman–Crippen LogP) is 2.21. The van der Waals surface area contributed by atoms with Crippen LogP contribution in [0.25, 0.3) is 0 Å². The second kappa shape index (κ2) is 7.92. The third-order valence-electron chi connectivity index (χ3n) is 5.28. The molecule has 0 saturated carbocycles. The summed E-state index contributed by atoms with van der Waals surface area (Å²) in [5.74, 6) is 0.524. The zero-order chi connectivity index (χ0) is 18.6. The smallest absolute Gasteiger partial charge is 0.256 e. The minimum atomic E-state index is 0.0237. The maximum absolute atomic E-state index is 12.3. The van der Waals surface area contributed by atoms with Gasteiger partial charge in [0.1, 0.15) is 0 Å². The highest BCUT2D eigenvalue weighted by Crippen LogP contribution is 2.21. The zero-order valence-electron chi connectivity index (χ0n) is 15.8. The minimum absolute atomic E-state index is 0.0237. The number of likely N-dealkylation sites (N-methyl/N-ethyl adjacent to an activating group) is 1. The SMILES string of the molecule is CN1CCN(c2ccc(Nc3ncc(C(=O)N4CCCC4)cn3)cc2)CC1. The van der Waals surface area contributed by atoms with Gasteiger partial charge in [0.05, 0.1) is 5.56 Å². The van der Waals surface area contributed by atoms with E-state index in [-0.39, 0.29) is 5.91 Å². The maximum atomic E-state index is 12.3. The first-order chi connectivity index (χ1) is 13.2. The van der Waals surface area contributed by atoms with Gasteiger partial charge in [0, 0.05) is 63.0 Å². The average Bonchev–Trinajstić information content (AvgIpc) is 3.24. The van der Waals surface area contributed by atoms with Crippen molar-refractivity contribution < 1.29 is 4.79 Å². The van der Waals surface area contributed by atoms with Crippen molar-refractivity contribution >= 4 is 23.2 Å². The molecule has 0 atom stereocenters. The molecule has 2 aromatic rings. The van der Waals surface area contributed by atoms with Gasteiger partial charge in [0.2, 0.25) is 5.95 Å². The van der Waals surface area contributed by atoms with Crippen molar-refractivity contribution in [2.45, 2.75) is 12.8 Å². The molecule has 0 spiro atoms. The van der Waals surface area contributed by atoms with Crippen LogP contribution < -0.4 is 10.2 Å². The molecule has 7 nitrogen and oxygen atoms in total. The summed E-state index contributed by atoms with van der Waals surface area (Å²) in [7, 11) is 2.16. The lowest BCUT2D eigenvalue weighted by atomic mass is 10.2. The van der Waals surface area contributed by atoms with E-state index in [4.69, 9.17) is 0 Å². The molecule has 0 bridgehead atoms. The lowest BCUT2D eigenvalue weighted by Gasteiger charge is -2.34. The Bertz CT molecular complexity index is 762. The number of carbonyl (C=O) groups excluding carboxylic acids is 1. The van der Waals surface area contributed by atoms with Crippen LogP contribution in [0, 0.1) is 0 Å². The number of piperazine rings is 1. The Hall–Kier alpha value is -2.67. The zero-order valence-corrected chi connectivity index (χ0v) is 15.8. The van der Waals surface area contributed by atoms with Gasteiger partial charge >= 0.3 is 0 Å². The van der Waals surface area contributed by atoms with Crippen molar-refractivity contribution in [2.75, 3.05) is 56.5 Å². The van der Waals surface area contributed by atoms with Crippen LogP contribution in [0.5, 0.6) is 0 Å². The molecule has 3 heterocycles. The third kappa shape index (κ3) is 4.19. The predicted molar refractivity (Wildman–Crippen MR) is 107 cm³/mol. The Balaban J connectivity index is 1.36. The fourth-order valence-electron chi connectivity index (χ4n) is 3.56. The molecule has 7 heteroatoms. The van der Waals surface area contributed by atoms with Crippen LogP contribution in [-0.4, -0.2) is 72.0 Å². The number of likely N-dealkylation sites (tertiary alicyclic amines) is 1. The number of anilines is 3. The first-order valence-electron chi connectivity index (χ1n) is 9.61. The summed E-state index contributed by atoms with van der Waals surface area (Å²) in [5.41, 5.74) is 2.72. The highest BCUT2D eigenvalue weighted by molar-refractivity contribution is 5.93. The lowest BCUT2D eigenvalue weighted by Crippen LogP contribution is -2.44. The Morgan fingerprint density at radius 2 is 1.56 bits per heavy atom. The van der Waals surface area contributed by atoms with Crippen LogP contribution in [0.2, 0.25) is 0 Å². The summed E-state index contributed by atoms with van der Waals surface area (Å²) in [5, 5.41) is 3.20. The Morgan fingerprint density at radius 1 is 0.926 bits per heavy atom. The standard InChI is InChI=1S/C20H26N6O/c1-24-10-12-25(13-11-24)18-6-4-17(5-7-18)23-20-21-14-16(15-22-20)19(27)26-8-2-3-9-26/h4-7,14-15H,2-3,8-13H2,1H3,(H,21,22,23). The molecule has 0 aliphatic carbocycles. The van der Waals surface area contributed by atoms with Gasteiger partial charge in [-0.05, 0) is 44.2 Å². The molecule has 0 radical (unpaired) electrons. The van der Waals surface area contributed by atoms with E-state index in [0.29, 0.717) is 11.5 Å². The number of hydrogen-bond donors (Lipinski definition) is 1. The number of nitrogens with one attached hydrogen (secondary N) is 1. The van der Waals surface area contributed by atoms with E-state index in [1.807, 2.05) is 17.0 Å². The highest BCUT2D eigenvalue weighted by atomic mass is 16.2. The molecule has 2 saturated heterocycles. The molecule has 2 aliphatic rings. The van der Waals surface area contributed by atoms with Crippen LogP contribution in [0.3, 0.4) is 0 Å².